The molecule has 0 aliphatic rings. The van der Waals surface area contributed by atoms with Crippen LogP contribution in [0, 0.1) is 0 Å². The third-order valence-corrected chi connectivity index (χ3v) is 4.00. The number of benzene rings is 2. The van der Waals surface area contributed by atoms with E-state index >= 15 is 0 Å². The number of nitrogens with one attached hydrogen (secondary N) is 1. The van der Waals surface area contributed by atoms with Crippen LogP contribution in [-0.4, -0.2) is 20.3 Å². The Morgan fingerprint density at radius 3 is 2.68 bits per heavy atom. The van der Waals surface area contributed by atoms with Crippen LogP contribution in [0.1, 0.15) is 10.4 Å². The van der Waals surface area contributed by atoms with E-state index in [1.807, 2.05) is 47.1 Å². The van der Waals surface area contributed by atoms with Gasteiger partial charge in [-0.05, 0) is 36.4 Å². The summed E-state index contributed by atoms with van der Waals surface area (Å²) >= 11 is 5.92. The molecule has 5 nitrogen and oxygen atoms in total. The lowest BCUT2D eigenvalue weighted by atomic mass is 10.1. The van der Waals surface area contributed by atoms with Crippen LogP contribution in [0.25, 0.3) is 17.0 Å². The smallest absolute Gasteiger partial charge is 0.255 e. The highest BCUT2D eigenvalue weighted by molar-refractivity contribution is 6.31. The molecule has 1 amide bonds. The zero-order valence-electron chi connectivity index (χ0n) is 13.1. The van der Waals surface area contributed by atoms with Gasteiger partial charge in [0.25, 0.3) is 5.91 Å². The Labute approximate surface area is 148 Å². The van der Waals surface area contributed by atoms with Crippen LogP contribution in [0.2, 0.25) is 5.02 Å². The lowest BCUT2D eigenvalue weighted by Gasteiger charge is -2.06. The van der Waals surface area contributed by atoms with Crippen LogP contribution in [0.5, 0.6) is 0 Å². The van der Waals surface area contributed by atoms with Gasteiger partial charge in [0, 0.05) is 40.4 Å². The van der Waals surface area contributed by atoms with E-state index in [0.29, 0.717) is 22.1 Å². The SMILES string of the molecule is O=C(Nc1ccc(-c2cn3cccnc3n2)cc1)c1cccc(Cl)c1. The summed E-state index contributed by atoms with van der Waals surface area (Å²) in [7, 11) is 0. The summed E-state index contributed by atoms with van der Waals surface area (Å²) in [5.41, 5.74) is 3.00. The number of amides is 1. The first kappa shape index (κ1) is 15.4. The Balaban J connectivity index is 1.54. The Kier molecular flexibility index (Phi) is 3.91. The number of imidazole rings is 1. The predicted octanol–water partition coefficient (Wildman–Crippen LogP) is 4.30. The maximum atomic E-state index is 12.2. The molecule has 1 N–H and O–H groups in total. The molecule has 0 unspecified atom stereocenters. The quantitative estimate of drug-likeness (QED) is 0.600. The van der Waals surface area contributed by atoms with E-state index in [2.05, 4.69) is 15.3 Å². The summed E-state index contributed by atoms with van der Waals surface area (Å²) < 4.78 is 1.87. The highest BCUT2D eigenvalue weighted by atomic mass is 35.5. The second kappa shape index (κ2) is 6.37. The first-order chi connectivity index (χ1) is 12.2. The molecule has 6 heteroatoms. The molecule has 122 valence electrons. The standard InChI is InChI=1S/C19H13ClN4O/c20-15-4-1-3-14(11-15)18(25)22-16-7-5-13(6-8-16)17-12-24-10-2-9-21-19(24)23-17/h1-12H,(H,22,25). The third kappa shape index (κ3) is 3.22. The molecule has 0 saturated carbocycles. The van der Waals surface area contributed by atoms with Crippen molar-refractivity contribution in [3.63, 3.8) is 0 Å². The Morgan fingerprint density at radius 1 is 1.08 bits per heavy atom. The van der Waals surface area contributed by atoms with Crippen molar-refractivity contribution in [3.05, 3.63) is 83.8 Å². The molecule has 2 aromatic heterocycles. The van der Waals surface area contributed by atoms with Gasteiger partial charge in [0.05, 0.1) is 5.69 Å². The molecule has 0 fully saturated rings. The Bertz CT molecular complexity index is 1020. The van der Waals surface area contributed by atoms with E-state index in [1.54, 1.807) is 30.5 Å². The molecule has 25 heavy (non-hydrogen) atoms. The number of hydrogen-bond acceptors (Lipinski definition) is 3. The number of aromatic nitrogens is 3. The molecule has 4 aromatic rings. The lowest BCUT2D eigenvalue weighted by molar-refractivity contribution is 0.102. The monoisotopic (exact) mass is 348 g/mol. The maximum absolute atomic E-state index is 12.2. The van der Waals surface area contributed by atoms with Crippen LogP contribution < -0.4 is 5.32 Å². The van der Waals surface area contributed by atoms with Crippen molar-refractivity contribution in [2.45, 2.75) is 0 Å². The topological polar surface area (TPSA) is 59.3 Å². The number of nitrogens with zero attached hydrogens (tertiary/aromatic N) is 3. The van der Waals surface area contributed by atoms with Crippen molar-refractivity contribution in [2.75, 3.05) is 5.32 Å². The molecule has 2 aromatic carbocycles. The number of rotatable bonds is 3. The Hall–Kier alpha value is -3.18. The number of hydrogen-bond donors (Lipinski definition) is 1. The van der Waals surface area contributed by atoms with Gasteiger partial charge in [-0.1, -0.05) is 29.8 Å². The van der Waals surface area contributed by atoms with E-state index in [0.717, 1.165) is 11.3 Å². The summed E-state index contributed by atoms with van der Waals surface area (Å²) in [5, 5.41) is 3.39. The second-order valence-electron chi connectivity index (χ2n) is 5.49. The molecule has 0 atom stereocenters. The van der Waals surface area contributed by atoms with Gasteiger partial charge in [0.15, 0.2) is 0 Å². The first-order valence-electron chi connectivity index (χ1n) is 7.66. The summed E-state index contributed by atoms with van der Waals surface area (Å²) in [6, 6.07) is 16.2. The lowest BCUT2D eigenvalue weighted by Crippen LogP contribution is -2.11. The highest BCUT2D eigenvalue weighted by Crippen LogP contribution is 2.21. The van der Waals surface area contributed by atoms with Crippen LogP contribution in [0.4, 0.5) is 5.69 Å². The molecule has 0 aliphatic heterocycles. The fourth-order valence-corrected chi connectivity index (χ4v) is 2.72. The minimum Gasteiger partial charge on any atom is -0.322 e. The molecule has 0 saturated heterocycles. The molecule has 0 radical (unpaired) electrons. The van der Waals surface area contributed by atoms with E-state index in [1.165, 1.54) is 0 Å². The number of carbonyl (C=O) groups excluding carboxylic acids is 1. The summed E-state index contributed by atoms with van der Waals surface area (Å²) in [6.45, 7) is 0. The fraction of sp³-hybridized carbons (Fsp3) is 0. The zero-order valence-corrected chi connectivity index (χ0v) is 13.8. The molecule has 2 heterocycles. The largest absolute Gasteiger partial charge is 0.322 e. The normalized spacial score (nSPS) is 10.8. The van der Waals surface area contributed by atoms with E-state index < -0.39 is 0 Å². The van der Waals surface area contributed by atoms with E-state index in [9.17, 15) is 4.79 Å². The molecule has 0 bridgehead atoms. The van der Waals surface area contributed by atoms with Crippen LogP contribution in [0.15, 0.2) is 73.2 Å². The number of anilines is 1. The average Bonchev–Trinajstić information content (AvgIpc) is 3.06. The van der Waals surface area contributed by atoms with E-state index in [-0.39, 0.29) is 5.91 Å². The third-order valence-electron chi connectivity index (χ3n) is 3.76. The predicted molar refractivity (Wildman–Crippen MR) is 97.8 cm³/mol. The number of halogens is 1. The average molecular weight is 349 g/mol. The number of carbonyl (C=O) groups is 1. The van der Waals surface area contributed by atoms with Crippen molar-refractivity contribution in [1.29, 1.82) is 0 Å². The van der Waals surface area contributed by atoms with Crippen LogP contribution in [-0.2, 0) is 0 Å². The maximum Gasteiger partial charge on any atom is 0.255 e. The van der Waals surface area contributed by atoms with Crippen LogP contribution >= 0.6 is 11.6 Å². The fourth-order valence-electron chi connectivity index (χ4n) is 2.53. The van der Waals surface area contributed by atoms with Crippen molar-refractivity contribution in [1.82, 2.24) is 14.4 Å². The summed E-state index contributed by atoms with van der Waals surface area (Å²) in [6.07, 6.45) is 5.53. The number of fused-ring (bicyclic) bond motifs is 1. The van der Waals surface area contributed by atoms with Gasteiger partial charge in [-0.15, -0.1) is 0 Å². The molecule has 4 rings (SSSR count). The van der Waals surface area contributed by atoms with Crippen LogP contribution in [0.3, 0.4) is 0 Å². The Morgan fingerprint density at radius 2 is 1.92 bits per heavy atom. The van der Waals surface area contributed by atoms with Crippen molar-refractivity contribution < 1.29 is 4.79 Å². The van der Waals surface area contributed by atoms with E-state index in [4.69, 9.17) is 11.6 Å². The second-order valence-corrected chi connectivity index (χ2v) is 5.93. The van der Waals surface area contributed by atoms with Gasteiger partial charge in [-0.25, -0.2) is 9.97 Å². The molecular weight excluding hydrogens is 336 g/mol. The molecular formula is C19H13ClN4O. The zero-order chi connectivity index (χ0) is 17.2. The van der Waals surface area contributed by atoms with Gasteiger partial charge in [-0.2, -0.15) is 0 Å². The minimum absolute atomic E-state index is 0.202. The van der Waals surface area contributed by atoms with Gasteiger partial charge >= 0.3 is 0 Å². The first-order valence-corrected chi connectivity index (χ1v) is 8.04. The molecule has 0 aliphatic carbocycles. The molecule has 0 spiro atoms. The van der Waals surface area contributed by atoms with Crippen molar-refractivity contribution in [2.24, 2.45) is 0 Å². The van der Waals surface area contributed by atoms with Gasteiger partial charge in [0.1, 0.15) is 0 Å². The highest BCUT2D eigenvalue weighted by Gasteiger charge is 2.08. The van der Waals surface area contributed by atoms with Crippen molar-refractivity contribution in [3.8, 4) is 11.3 Å². The summed E-state index contributed by atoms with van der Waals surface area (Å²) in [4.78, 5) is 20.9. The van der Waals surface area contributed by atoms with Gasteiger partial charge < -0.3 is 5.32 Å². The van der Waals surface area contributed by atoms with Crippen molar-refractivity contribution >= 4 is 29.0 Å². The van der Waals surface area contributed by atoms with Gasteiger partial charge in [-0.3, -0.25) is 9.20 Å². The van der Waals surface area contributed by atoms with Gasteiger partial charge in [0.2, 0.25) is 5.78 Å². The summed E-state index contributed by atoms with van der Waals surface area (Å²) in [5.74, 6) is 0.447. The minimum atomic E-state index is -0.202.